The molecule has 0 radical (unpaired) electrons. The van der Waals surface area contributed by atoms with Crippen LogP contribution in [-0.2, 0) is 0 Å². The van der Waals surface area contributed by atoms with Crippen molar-refractivity contribution in [3.8, 4) is 5.75 Å². The summed E-state index contributed by atoms with van der Waals surface area (Å²) in [6.07, 6.45) is 0. The van der Waals surface area contributed by atoms with E-state index in [9.17, 15) is 4.39 Å². The van der Waals surface area contributed by atoms with Crippen molar-refractivity contribution in [3.05, 3.63) is 29.0 Å². The fraction of sp³-hybridized carbons (Fsp3) is 0.455. The predicted octanol–water partition coefficient (Wildman–Crippen LogP) is 4.28. The fourth-order valence-electron chi connectivity index (χ4n) is 0.904. The van der Waals surface area contributed by atoms with Crippen LogP contribution < -0.4 is 4.74 Å². The maximum Gasteiger partial charge on any atom is 0.138 e. The van der Waals surface area contributed by atoms with Crippen molar-refractivity contribution >= 4 is 27.5 Å². The van der Waals surface area contributed by atoms with E-state index in [0.717, 1.165) is 5.33 Å². The molecule has 0 saturated carbocycles. The van der Waals surface area contributed by atoms with Gasteiger partial charge in [0.15, 0.2) is 0 Å². The van der Waals surface area contributed by atoms with Gasteiger partial charge in [-0.05, 0) is 18.2 Å². The van der Waals surface area contributed by atoms with Crippen LogP contribution in [0.2, 0.25) is 5.02 Å². The fourth-order valence-corrected chi connectivity index (χ4v) is 1.29. The van der Waals surface area contributed by atoms with Gasteiger partial charge in [0, 0.05) is 10.7 Å². The predicted molar refractivity (Wildman–Crippen MR) is 64.5 cm³/mol. The summed E-state index contributed by atoms with van der Waals surface area (Å²) in [5.41, 5.74) is 0.0255. The van der Waals surface area contributed by atoms with E-state index in [0.29, 0.717) is 17.4 Å². The van der Waals surface area contributed by atoms with Crippen molar-refractivity contribution in [2.75, 3.05) is 11.9 Å². The Balaban J connectivity index is 2.66. The van der Waals surface area contributed by atoms with Crippen molar-refractivity contribution in [3.63, 3.8) is 0 Å². The molecule has 0 heterocycles. The van der Waals surface area contributed by atoms with Gasteiger partial charge in [0.05, 0.1) is 11.6 Å². The second-order valence-electron chi connectivity index (χ2n) is 4.16. The molecule has 0 unspecified atom stereocenters. The average molecular weight is 296 g/mol. The van der Waals surface area contributed by atoms with E-state index in [-0.39, 0.29) is 11.2 Å². The van der Waals surface area contributed by atoms with Gasteiger partial charge >= 0.3 is 0 Å². The Hall–Kier alpha value is -0.280. The van der Waals surface area contributed by atoms with Gasteiger partial charge < -0.3 is 4.74 Å². The molecule has 0 N–H and O–H groups in total. The van der Waals surface area contributed by atoms with E-state index < -0.39 is 0 Å². The van der Waals surface area contributed by atoms with Crippen LogP contribution >= 0.6 is 27.5 Å². The van der Waals surface area contributed by atoms with E-state index in [1.165, 1.54) is 12.1 Å². The Morgan fingerprint density at radius 1 is 1.47 bits per heavy atom. The summed E-state index contributed by atoms with van der Waals surface area (Å²) in [5.74, 6) is 0.166. The number of hydrogen-bond donors (Lipinski definition) is 0. The zero-order chi connectivity index (χ0) is 11.5. The zero-order valence-corrected chi connectivity index (χ0v) is 11.0. The van der Waals surface area contributed by atoms with Crippen molar-refractivity contribution in [1.82, 2.24) is 0 Å². The number of halogens is 3. The molecule has 15 heavy (non-hydrogen) atoms. The molecule has 1 aromatic carbocycles. The smallest absolute Gasteiger partial charge is 0.138 e. The van der Waals surface area contributed by atoms with E-state index in [1.807, 2.05) is 0 Å². The summed E-state index contributed by atoms with van der Waals surface area (Å²) >= 11 is 9.23. The highest BCUT2D eigenvalue weighted by Gasteiger charge is 2.17. The minimum Gasteiger partial charge on any atom is -0.491 e. The minimum absolute atomic E-state index is 0.0255. The Morgan fingerprint density at radius 3 is 2.67 bits per heavy atom. The molecular formula is C11H13BrClFO. The number of ether oxygens (including phenoxy) is 1. The Bertz CT molecular complexity index is 341. The van der Waals surface area contributed by atoms with E-state index >= 15 is 0 Å². The molecule has 84 valence electrons. The third-order valence-electron chi connectivity index (χ3n) is 1.87. The topological polar surface area (TPSA) is 9.23 Å². The second kappa shape index (κ2) is 5.17. The maximum atomic E-state index is 12.7. The molecule has 0 bridgehead atoms. The van der Waals surface area contributed by atoms with Crippen molar-refractivity contribution < 1.29 is 9.13 Å². The molecule has 0 saturated heterocycles. The first-order valence-electron chi connectivity index (χ1n) is 4.58. The first-order valence-corrected chi connectivity index (χ1v) is 6.08. The van der Waals surface area contributed by atoms with Gasteiger partial charge in [0.2, 0.25) is 0 Å². The molecule has 1 rings (SSSR count). The first-order chi connectivity index (χ1) is 6.94. The average Bonchev–Trinajstić information content (AvgIpc) is 2.16. The van der Waals surface area contributed by atoms with E-state index in [4.69, 9.17) is 16.3 Å². The highest BCUT2D eigenvalue weighted by molar-refractivity contribution is 9.09. The van der Waals surface area contributed by atoms with Crippen LogP contribution in [-0.4, -0.2) is 11.9 Å². The first kappa shape index (κ1) is 12.8. The van der Waals surface area contributed by atoms with Crippen LogP contribution in [0.1, 0.15) is 13.8 Å². The SMILES string of the molecule is CC(C)(CBr)COc1ccc(F)cc1Cl. The van der Waals surface area contributed by atoms with Gasteiger partial charge in [-0.3, -0.25) is 0 Å². The molecule has 1 aromatic rings. The highest BCUT2D eigenvalue weighted by Crippen LogP contribution is 2.27. The molecule has 0 amide bonds. The standard InChI is InChI=1S/C11H13BrClFO/c1-11(2,6-12)7-15-10-4-3-8(14)5-9(10)13/h3-5H,6-7H2,1-2H3. The number of benzene rings is 1. The normalized spacial score (nSPS) is 11.5. The van der Waals surface area contributed by atoms with Crippen molar-refractivity contribution in [2.45, 2.75) is 13.8 Å². The summed E-state index contributed by atoms with van der Waals surface area (Å²) in [4.78, 5) is 0. The maximum absolute atomic E-state index is 12.7. The Morgan fingerprint density at radius 2 is 2.13 bits per heavy atom. The lowest BCUT2D eigenvalue weighted by molar-refractivity contribution is 0.203. The van der Waals surface area contributed by atoms with E-state index in [2.05, 4.69) is 29.8 Å². The monoisotopic (exact) mass is 294 g/mol. The molecule has 0 atom stereocenters. The summed E-state index contributed by atoms with van der Waals surface area (Å²) < 4.78 is 18.3. The van der Waals surface area contributed by atoms with Gasteiger partial charge in [0.1, 0.15) is 11.6 Å². The number of rotatable bonds is 4. The summed E-state index contributed by atoms with van der Waals surface area (Å²) in [7, 11) is 0. The van der Waals surface area contributed by atoms with Gasteiger partial charge in [-0.25, -0.2) is 4.39 Å². The van der Waals surface area contributed by atoms with Crippen molar-refractivity contribution in [1.29, 1.82) is 0 Å². The molecule has 4 heteroatoms. The lowest BCUT2D eigenvalue weighted by atomic mass is 9.98. The largest absolute Gasteiger partial charge is 0.491 e. The van der Waals surface area contributed by atoms with Crippen molar-refractivity contribution in [2.24, 2.45) is 5.41 Å². The highest BCUT2D eigenvalue weighted by atomic mass is 79.9. The van der Waals surface area contributed by atoms with Crippen LogP contribution in [0.25, 0.3) is 0 Å². The van der Waals surface area contributed by atoms with Crippen LogP contribution in [0.4, 0.5) is 4.39 Å². The third-order valence-corrected chi connectivity index (χ3v) is 3.69. The van der Waals surface area contributed by atoms with Gasteiger partial charge in [-0.15, -0.1) is 0 Å². The van der Waals surface area contributed by atoms with Gasteiger partial charge in [0.25, 0.3) is 0 Å². The minimum atomic E-state index is -0.355. The summed E-state index contributed by atoms with van der Waals surface area (Å²) in [6, 6.07) is 4.13. The van der Waals surface area contributed by atoms with Crippen LogP contribution in [0.15, 0.2) is 18.2 Å². The number of hydrogen-bond acceptors (Lipinski definition) is 1. The molecule has 0 aliphatic rings. The molecule has 0 aliphatic carbocycles. The van der Waals surface area contributed by atoms with Crippen LogP contribution in [0.5, 0.6) is 5.75 Å². The number of alkyl halides is 1. The molecular weight excluding hydrogens is 282 g/mol. The Kier molecular flexibility index (Phi) is 4.41. The van der Waals surface area contributed by atoms with E-state index in [1.54, 1.807) is 6.07 Å². The van der Waals surface area contributed by atoms with Crippen LogP contribution in [0.3, 0.4) is 0 Å². The van der Waals surface area contributed by atoms with Gasteiger partial charge in [-0.2, -0.15) is 0 Å². The molecule has 0 aliphatic heterocycles. The lowest BCUT2D eigenvalue weighted by Gasteiger charge is -2.22. The molecule has 1 nitrogen and oxygen atoms in total. The second-order valence-corrected chi connectivity index (χ2v) is 5.13. The third kappa shape index (κ3) is 3.99. The zero-order valence-electron chi connectivity index (χ0n) is 8.69. The molecule has 0 spiro atoms. The Labute approximate surface area is 103 Å². The van der Waals surface area contributed by atoms with Gasteiger partial charge in [-0.1, -0.05) is 41.4 Å². The lowest BCUT2D eigenvalue weighted by Crippen LogP contribution is -2.22. The van der Waals surface area contributed by atoms with Crippen LogP contribution in [0, 0.1) is 11.2 Å². The quantitative estimate of drug-likeness (QED) is 0.753. The summed E-state index contributed by atoms with van der Waals surface area (Å²) in [6.45, 7) is 4.67. The molecule has 0 fully saturated rings. The molecule has 0 aromatic heterocycles. The summed E-state index contributed by atoms with van der Waals surface area (Å²) in [5, 5.41) is 1.14.